The van der Waals surface area contributed by atoms with E-state index in [2.05, 4.69) is 35.6 Å². The van der Waals surface area contributed by atoms with Gasteiger partial charge in [-0.15, -0.1) is 11.8 Å². The van der Waals surface area contributed by atoms with Gasteiger partial charge >= 0.3 is 5.97 Å². The summed E-state index contributed by atoms with van der Waals surface area (Å²) in [5.74, 6) is -0.382. The topological polar surface area (TPSA) is 55.4 Å². The molecule has 0 heterocycles. The molecule has 5 heteroatoms. The third-order valence-corrected chi connectivity index (χ3v) is 6.76. The second-order valence-corrected chi connectivity index (χ2v) is 8.91. The molecule has 152 valence electrons. The molecule has 1 amide bonds. The van der Waals surface area contributed by atoms with Crippen LogP contribution in [-0.2, 0) is 33.6 Å². The maximum Gasteiger partial charge on any atom is 0.317 e. The Morgan fingerprint density at radius 3 is 2.76 bits per heavy atom. The van der Waals surface area contributed by atoms with E-state index in [1.54, 1.807) is 6.92 Å². The van der Waals surface area contributed by atoms with Gasteiger partial charge in [0.05, 0.1) is 11.8 Å². The molecule has 2 aromatic carbocycles. The zero-order valence-electron chi connectivity index (χ0n) is 16.8. The molecule has 0 saturated carbocycles. The molecule has 2 atom stereocenters. The second kappa shape index (κ2) is 9.04. The number of esters is 1. The molecule has 0 aliphatic heterocycles. The Labute approximate surface area is 176 Å². The molecule has 2 aliphatic carbocycles. The Hall–Kier alpha value is -2.27. The summed E-state index contributed by atoms with van der Waals surface area (Å²) in [6, 6.07) is 14.6. The minimum Gasteiger partial charge on any atom is -0.452 e. The molecule has 0 aromatic heterocycles. The van der Waals surface area contributed by atoms with Gasteiger partial charge in [-0.2, -0.15) is 0 Å². The Kier molecular flexibility index (Phi) is 6.24. The van der Waals surface area contributed by atoms with Crippen molar-refractivity contribution in [3.8, 4) is 0 Å². The normalized spacial score (nSPS) is 18.4. The first kappa shape index (κ1) is 20.0. The fraction of sp³-hybridized carbons (Fsp3) is 0.417. The molecular weight excluding hydrogens is 382 g/mol. The van der Waals surface area contributed by atoms with Crippen LogP contribution in [0.3, 0.4) is 0 Å². The Morgan fingerprint density at radius 2 is 1.86 bits per heavy atom. The van der Waals surface area contributed by atoms with Gasteiger partial charge in [-0.1, -0.05) is 30.3 Å². The highest BCUT2D eigenvalue weighted by Crippen LogP contribution is 2.30. The highest BCUT2D eigenvalue weighted by molar-refractivity contribution is 8.00. The number of hydrogen-bond donors (Lipinski definition) is 1. The van der Waals surface area contributed by atoms with E-state index in [1.165, 1.54) is 40.4 Å². The number of aryl methyl sites for hydroxylation is 3. The van der Waals surface area contributed by atoms with Gasteiger partial charge in [0, 0.05) is 4.90 Å². The predicted octanol–water partition coefficient (Wildman–Crippen LogP) is 4.39. The standard InChI is InChI=1S/C24H27NO3S/c1-16(24(27)25-22-11-5-8-18-6-2-3-10-21(18)22)28-23(26)15-29-20-13-12-17-7-4-9-19(17)14-20/h2-3,6,10,12-14,16,22H,4-5,7-9,11,15H2,1H3,(H,25,27)/t16-,22+/m0/s1. The van der Waals surface area contributed by atoms with Gasteiger partial charge in [0.2, 0.25) is 0 Å². The van der Waals surface area contributed by atoms with Gasteiger partial charge in [0.1, 0.15) is 0 Å². The van der Waals surface area contributed by atoms with Crippen molar-refractivity contribution >= 4 is 23.6 Å². The Balaban J connectivity index is 1.27. The van der Waals surface area contributed by atoms with Crippen LogP contribution in [0.4, 0.5) is 0 Å². The van der Waals surface area contributed by atoms with Crippen molar-refractivity contribution in [2.45, 2.75) is 62.5 Å². The molecule has 4 rings (SSSR count). The van der Waals surface area contributed by atoms with Crippen LogP contribution in [0.1, 0.15) is 54.5 Å². The van der Waals surface area contributed by atoms with Crippen molar-refractivity contribution in [1.29, 1.82) is 0 Å². The van der Waals surface area contributed by atoms with Crippen LogP contribution in [0.2, 0.25) is 0 Å². The van der Waals surface area contributed by atoms with Crippen LogP contribution in [0.5, 0.6) is 0 Å². The zero-order valence-corrected chi connectivity index (χ0v) is 17.6. The third kappa shape index (κ3) is 4.84. The summed E-state index contributed by atoms with van der Waals surface area (Å²) in [5.41, 5.74) is 5.28. The van der Waals surface area contributed by atoms with Crippen LogP contribution in [0.15, 0.2) is 47.4 Å². The lowest BCUT2D eigenvalue weighted by Crippen LogP contribution is -2.39. The summed E-state index contributed by atoms with van der Waals surface area (Å²) in [5, 5.41) is 3.06. The van der Waals surface area contributed by atoms with Crippen molar-refractivity contribution < 1.29 is 14.3 Å². The minimum absolute atomic E-state index is 0.00519. The van der Waals surface area contributed by atoms with E-state index in [1.807, 2.05) is 12.1 Å². The number of rotatable bonds is 6. The average Bonchev–Trinajstić information content (AvgIpc) is 3.20. The van der Waals surface area contributed by atoms with Crippen molar-refractivity contribution in [2.75, 3.05) is 5.75 Å². The lowest BCUT2D eigenvalue weighted by atomic mass is 9.87. The van der Waals surface area contributed by atoms with E-state index in [9.17, 15) is 9.59 Å². The fourth-order valence-corrected chi connectivity index (χ4v) is 5.00. The molecular formula is C24H27NO3S. The number of carbonyl (C=O) groups excluding carboxylic acids is 2. The number of thioether (sulfide) groups is 1. The molecule has 4 nitrogen and oxygen atoms in total. The van der Waals surface area contributed by atoms with Crippen LogP contribution in [0.25, 0.3) is 0 Å². The highest BCUT2D eigenvalue weighted by atomic mass is 32.2. The van der Waals surface area contributed by atoms with E-state index in [0.717, 1.165) is 37.0 Å². The third-order valence-electron chi connectivity index (χ3n) is 5.79. The number of amides is 1. The maximum absolute atomic E-state index is 12.6. The van der Waals surface area contributed by atoms with Crippen molar-refractivity contribution in [2.24, 2.45) is 0 Å². The van der Waals surface area contributed by atoms with E-state index < -0.39 is 6.10 Å². The van der Waals surface area contributed by atoms with Gasteiger partial charge in [-0.05, 0) is 79.8 Å². The van der Waals surface area contributed by atoms with Gasteiger partial charge in [0.15, 0.2) is 6.10 Å². The summed E-state index contributed by atoms with van der Waals surface area (Å²) in [4.78, 5) is 25.9. The molecule has 0 unspecified atom stereocenters. The number of nitrogens with one attached hydrogen (secondary N) is 1. The number of ether oxygens (including phenoxy) is 1. The first-order chi connectivity index (χ1) is 14.1. The van der Waals surface area contributed by atoms with E-state index in [0.29, 0.717) is 0 Å². The summed E-state index contributed by atoms with van der Waals surface area (Å²) in [6.07, 6.45) is 5.70. The van der Waals surface area contributed by atoms with Crippen molar-refractivity contribution in [3.63, 3.8) is 0 Å². The minimum atomic E-state index is -0.794. The number of benzene rings is 2. The smallest absolute Gasteiger partial charge is 0.317 e. The van der Waals surface area contributed by atoms with E-state index in [4.69, 9.17) is 4.74 Å². The summed E-state index contributed by atoms with van der Waals surface area (Å²) < 4.78 is 5.38. The van der Waals surface area contributed by atoms with Crippen molar-refractivity contribution in [3.05, 3.63) is 64.7 Å². The lowest BCUT2D eigenvalue weighted by Gasteiger charge is -2.27. The van der Waals surface area contributed by atoms with Gasteiger partial charge in [-0.25, -0.2) is 0 Å². The quantitative estimate of drug-likeness (QED) is 0.568. The van der Waals surface area contributed by atoms with Gasteiger partial charge in [0.25, 0.3) is 5.91 Å². The Bertz CT molecular complexity index is 911. The summed E-state index contributed by atoms with van der Waals surface area (Å²) >= 11 is 1.47. The van der Waals surface area contributed by atoms with Crippen LogP contribution >= 0.6 is 11.8 Å². The van der Waals surface area contributed by atoms with E-state index >= 15 is 0 Å². The molecule has 0 saturated heterocycles. The molecule has 0 radical (unpaired) electrons. The van der Waals surface area contributed by atoms with Crippen LogP contribution < -0.4 is 5.32 Å². The summed E-state index contributed by atoms with van der Waals surface area (Å²) in [7, 11) is 0. The zero-order chi connectivity index (χ0) is 20.2. The fourth-order valence-electron chi connectivity index (χ4n) is 4.26. The summed E-state index contributed by atoms with van der Waals surface area (Å²) in [6.45, 7) is 1.64. The molecule has 2 aromatic rings. The molecule has 2 aliphatic rings. The van der Waals surface area contributed by atoms with Crippen LogP contribution in [-0.4, -0.2) is 23.7 Å². The SMILES string of the molecule is C[C@H](OC(=O)CSc1ccc2c(c1)CCC2)C(=O)N[C@@H]1CCCc2ccccc21. The largest absolute Gasteiger partial charge is 0.452 e. The van der Waals surface area contributed by atoms with Gasteiger partial charge < -0.3 is 10.1 Å². The molecule has 1 N–H and O–H groups in total. The van der Waals surface area contributed by atoms with Crippen molar-refractivity contribution in [1.82, 2.24) is 5.32 Å². The molecule has 0 bridgehead atoms. The predicted molar refractivity (Wildman–Crippen MR) is 115 cm³/mol. The lowest BCUT2D eigenvalue weighted by molar-refractivity contribution is -0.152. The molecule has 0 fully saturated rings. The molecule has 29 heavy (non-hydrogen) atoms. The number of fused-ring (bicyclic) bond motifs is 2. The average molecular weight is 410 g/mol. The maximum atomic E-state index is 12.6. The monoisotopic (exact) mass is 409 g/mol. The first-order valence-corrected chi connectivity index (χ1v) is 11.4. The van der Waals surface area contributed by atoms with Crippen LogP contribution in [0, 0.1) is 0 Å². The van der Waals surface area contributed by atoms with Gasteiger partial charge in [-0.3, -0.25) is 9.59 Å². The number of hydrogen-bond acceptors (Lipinski definition) is 4. The van der Waals surface area contributed by atoms with E-state index in [-0.39, 0.29) is 23.7 Å². The Morgan fingerprint density at radius 1 is 1.07 bits per heavy atom. The second-order valence-electron chi connectivity index (χ2n) is 7.86. The molecule has 0 spiro atoms. The highest BCUT2D eigenvalue weighted by Gasteiger charge is 2.25. The first-order valence-electron chi connectivity index (χ1n) is 10.4. The number of carbonyl (C=O) groups is 2.